The zero-order valence-corrected chi connectivity index (χ0v) is 12.5. The molecule has 116 valence electrons. The maximum absolute atomic E-state index is 12.0. The van der Waals surface area contributed by atoms with E-state index in [9.17, 15) is 9.90 Å². The number of morpholine rings is 1. The molecule has 21 heavy (non-hydrogen) atoms. The summed E-state index contributed by atoms with van der Waals surface area (Å²) in [5, 5.41) is 12.4. The molecule has 2 heterocycles. The fourth-order valence-corrected chi connectivity index (χ4v) is 2.01. The number of hydrogen-bond donors (Lipinski definition) is 2. The lowest BCUT2D eigenvalue weighted by atomic mass is 10.1. The number of nitrogens with one attached hydrogen (secondary N) is 1. The van der Waals surface area contributed by atoms with Crippen LogP contribution in [0, 0.1) is 0 Å². The predicted octanol–water partition coefficient (Wildman–Crippen LogP) is 0.204. The van der Waals surface area contributed by atoms with Gasteiger partial charge in [0.25, 0.3) is 5.91 Å². The molecule has 0 aliphatic carbocycles. The van der Waals surface area contributed by atoms with Crippen molar-refractivity contribution in [2.75, 3.05) is 37.7 Å². The highest BCUT2D eigenvalue weighted by Gasteiger charge is 2.16. The number of ether oxygens (including phenoxy) is 1. The largest absolute Gasteiger partial charge is 0.390 e. The minimum atomic E-state index is -0.794. The van der Waals surface area contributed by atoms with E-state index in [1.165, 1.54) is 6.33 Å². The molecule has 0 aromatic carbocycles. The SMILES string of the molecule is CC(C)(O)CCNC(=O)c1cc(N2CCOCC2)ncn1. The van der Waals surface area contributed by atoms with E-state index in [4.69, 9.17) is 4.74 Å². The molecule has 1 fully saturated rings. The van der Waals surface area contributed by atoms with E-state index < -0.39 is 5.60 Å². The molecule has 0 unspecified atom stereocenters. The van der Waals surface area contributed by atoms with Crippen molar-refractivity contribution in [1.29, 1.82) is 0 Å². The zero-order chi connectivity index (χ0) is 15.3. The van der Waals surface area contributed by atoms with Gasteiger partial charge in [-0.05, 0) is 20.3 Å². The number of hydrogen-bond acceptors (Lipinski definition) is 6. The van der Waals surface area contributed by atoms with Crippen molar-refractivity contribution >= 4 is 11.7 Å². The number of carbonyl (C=O) groups excluding carboxylic acids is 1. The van der Waals surface area contributed by atoms with Gasteiger partial charge >= 0.3 is 0 Å². The number of anilines is 1. The first-order valence-corrected chi connectivity index (χ1v) is 7.11. The number of amides is 1. The molecule has 0 bridgehead atoms. The topological polar surface area (TPSA) is 87.6 Å². The number of nitrogens with zero attached hydrogens (tertiary/aromatic N) is 3. The minimum Gasteiger partial charge on any atom is -0.390 e. The lowest BCUT2D eigenvalue weighted by Crippen LogP contribution is -2.37. The van der Waals surface area contributed by atoms with E-state index in [0.717, 1.165) is 18.9 Å². The molecule has 1 aromatic heterocycles. The van der Waals surface area contributed by atoms with Crippen LogP contribution in [0.25, 0.3) is 0 Å². The molecule has 2 rings (SSSR count). The van der Waals surface area contributed by atoms with E-state index in [0.29, 0.717) is 31.9 Å². The van der Waals surface area contributed by atoms with E-state index in [1.807, 2.05) is 0 Å². The Balaban J connectivity index is 1.94. The van der Waals surface area contributed by atoms with Gasteiger partial charge in [0.15, 0.2) is 0 Å². The van der Waals surface area contributed by atoms with Crippen molar-refractivity contribution in [3.8, 4) is 0 Å². The summed E-state index contributed by atoms with van der Waals surface area (Å²) in [6, 6.07) is 1.69. The van der Waals surface area contributed by atoms with Crippen LogP contribution in [0.4, 0.5) is 5.82 Å². The highest BCUT2D eigenvalue weighted by atomic mass is 16.5. The van der Waals surface area contributed by atoms with Gasteiger partial charge in [-0.15, -0.1) is 0 Å². The molecule has 0 saturated carbocycles. The maximum Gasteiger partial charge on any atom is 0.270 e. The first-order chi connectivity index (χ1) is 9.96. The van der Waals surface area contributed by atoms with Gasteiger partial charge < -0.3 is 20.1 Å². The van der Waals surface area contributed by atoms with Gasteiger partial charge in [0, 0.05) is 25.7 Å². The normalized spacial score (nSPS) is 15.9. The number of aromatic nitrogens is 2. The van der Waals surface area contributed by atoms with Gasteiger partial charge in [0.05, 0.1) is 18.8 Å². The third-order valence-electron chi connectivity index (χ3n) is 3.24. The van der Waals surface area contributed by atoms with Crippen molar-refractivity contribution in [3.05, 3.63) is 18.1 Å². The molecule has 0 spiro atoms. The highest BCUT2D eigenvalue weighted by Crippen LogP contribution is 2.13. The monoisotopic (exact) mass is 294 g/mol. The molecule has 1 aliphatic heterocycles. The first kappa shape index (κ1) is 15.7. The third kappa shape index (κ3) is 4.95. The number of aliphatic hydroxyl groups is 1. The number of carbonyl (C=O) groups is 1. The molecule has 0 atom stereocenters. The summed E-state index contributed by atoms with van der Waals surface area (Å²) in [6.07, 6.45) is 1.88. The van der Waals surface area contributed by atoms with Gasteiger partial charge in [-0.25, -0.2) is 9.97 Å². The standard InChI is InChI=1S/C14H22N4O3/c1-14(2,20)3-4-15-13(19)11-9-12(17-10-16-11)18-5-7-21-8-6-18/h9-10,20H,3-8H2,1-2H3,(H,15,19). The second-order valence-corrected chi connectivity index (χ2v) is 5.68. The Morgan fingerprint density at radius 2 is 2.14 bits per heavy atom. The Morgan fingerprint density at radius 3 is 2.81 bits per heavy atom. The fourth-order valence-electron chi connectivity index (χ4n) is 2.01. The van der Waals surface area contributed by atoms with Crippen LogP contribution in [0.2, 0.25) is 0 Å². The van der Waals surface area contributed by atoms with Crippen molar-refractivity contribution in [3.63, 3.8) is 0 Å². The van der Waals surface area contributed by atoms with Gasteiger partial charge in [-0.2, -0.15) is 0 Å². The van der Waals surface area contributed by atoms with E-state index in [1.54, 1.807) is 19.9 Å². The fraction of sp³-hybridized carbons (Fsp3) is 0.643. The second-order valence-electron chi connectivity index (χ2n) is 5.68. The quantitative estimate of drug-likeness (QED) is 0.807. The van der Waals surface area contributed by atoms with Crippen LogP contribution in [-0.4, -0.2) is 59.4 Å². The summed E-state index contributed by atoms with van der Waals surface area (Å²) < 4.78 is 5.30. The van der Waals surface area contributed by atoms with Crippen LogP contribution < -0.4 is 10.2 Å². The van der Waals surface area contributed by atoms with Crippen LogP contribution in [-0.2, 0) is 4.74 Å². The number of rotatable bonds is 5. The molecule has 1 saturated heterocycles. The Morgan fingerprint density at radius 1 is 1.43 bits per heavy atom. The molecular weight excluding hydrogens is 272 g/mol. The highest BCUT2D eigenvalue weighted by molar-refractivity contribution is 5.92. The molecule has 1 aromatic rings. The van der Waals surface area contributed by atoms with Gasteiger partial charge in [0.1, 0.15) is 17.8 Å². The molecule has 1 amide bonds. The Labute approximate surface area is 124 Å². The molecule has 7 heteroatoms. The molecule has 0 radical (unpaired) electrons. The molecule has 2 N–H and O–H groups in total. The van der Waals surface area contributed by atoms with Crippen molar-refractivity contribution in [2.24, 2.45) is 0 Å². The van der Waals surface area contributed by atoms with E-state index in [-0.39, 0.29) is 5.91 Å². The summed E-state index contributed by atoms with van der Waals surface area (Å²) in [6.45, 7) is 6.67. The zero-order valence-electron chi connectivity index (χ0n) is 12.5. The predicted molar refractivity (Wildman–Crippen MR) is 78.3 cm³/mol. The average Bonchev–Trinajstić information content (AvgIpc) is 2.47. The van der Waals surface area contributed by atoms with Gasteiger partial charge in [0.2, 0.25) is 0 Å². The van der Waals surface area contributed by atoms with Crippen molar-refractivity contribution in [2.45, 2.75) is 25.9 Å². The maximum atomic E-state index is 12.0. The summed E-state index contributed by atoms with van der Waals surface area (Å²) in [5.74, 6) is 0.483. The Kier molecular flexibility index (Phi) is 5.08. The van der Waals surface area contributed by atoms with Crippen LogP contribution >= 0.6 is 0 Å². The molecule has 7 nitrogen and oxygen atoms in total. The van der Waals surface area contributed by atoms with E-state index in [2.05, 4.69) is 20.2 Å². The second kappa shape index (κ2) is 6.82. The van der Waals surface area contributed by atoms with Crippen LogP contribution in [0.15, 0.2) is 12.4 Å². The minimum absolute atomic E-state index is 0.254. The van der Waals surface area contributed by atoms with Crippen LogP contribution in [0.3, 0.4) is 0 Å². The lowest BCUT2D eigenvalue weighted by molar-refractivity contribution is 0.0692. The first-order valence-electron chi connectivity index (χ1n) is 7.11. The summed E-state index contributed by atoms with van der Waals surface area (Å²) in [7, 11) is 0. The third-order valence-corrected chi connectivity index (χ3v) is 3.24. The molecular formula is C14H22N4O3. The summed E-state index contributed by atoms with van der Waals surface area (Å²) in [5.41, 5.74) is -0.458. The van der Waals surface area contributed by atoms with Crippen molar-refractivity contribution < 1.29 is 14.6 Å². The molecule has 1 aliphatic rings. The summed E-state index contributed by atoms with van der Waals surface area (Å²) >= 11 is 0. The van der Waals surface area contributed by atoms with E-state index >= 15 is 0 Å². The lowest BCUT2D eigenvalue weighted by Gasteiger charge is -2.27. The van der Waals surface area contributed by atoms with Gasteiger partial charge in [-0.3, -0.25) is 4.79 Å². The van der Waals surface area contributed by atoms with Crippen LogP contribution in [0.5, 0.6) is 0 Å². The van der Waals surface area contributed by atoms with Gasteiger partial charge in [-0.1, -0.05) is 0 Å². The van der Waals surface area contributed by atoms with Crippen LogP contribution in [0.1, 0.15) is 30.8 Å². The Hall–Kier alpha value is -1.73. The Bertz CT molecular complexity index is 481. The average molecular weight is 294 g/mol. The smallest absolute Gasteiger partial charge is 0.270 e. The van der Waals surface area contributed by atoms with Crippen molar-refractivity contribution in [1.82, 2.24) is 15.3 Å². The summed E-state index contributed by atoms with van der Waals surface area (Å²) in [4.78, 5) is 22.3.